The number of rotatable bonds is 11. The summed E-state index contributed by atoms with van der Waals surface area (Å²) in [5.41, 5.74) is 1.51. The fourth-order valence-corrected chi connectivity index (χ4v) is 2.55. The zero-order valence-corrected chi connectivity index (χ0v) is 14.2. The van der Waals surface area contributed by atoms with E-state index < -0.39 is 0 Å². The van der Waals surface area contributed by atoms with Crippen LogP contribution in [0, 0.1) is 0 Å². The molecule has 20 heavy (non-hydrogen) atoms. The van der Waals surface area contributed by atoms with Crippen molar-refractivity contribution < 1.29 is 17.0 Å². The van der Waals surface area contributed by atoms with Crippen LogP contribution in [0.3, 0.4) is 0 Å². The molecule has 0 aliphatic heterocycles. The first-order valence-electron chi connectivity index (χ1n) is 8.35. The van der Waals surface area contributed by atoms with Gasteiger partial charge < -0.3 is 12.4 Å². The summed E-state index contributed by atoms with van der Waals surface area (Å²) in [6, 6.07) is 6.62. The molecule has 2 heteroatoms. The lowest BCUT2D eigenvalue weighted by atomic mass is 10.1. The summed E-state index contributed by atoms with van der Waals surface area (Å²) in [7, 11) is 0. The maximum absolute atomic E-state index is 2.46. The van der Waals surface area contributed by atoms with E-state index in [1.807, 2.05) is 0 Å². The van der Waals surface area contributed by atoms with Gasteiger partial charge in [0.2, 0.25) is 0 Å². The van der Waals surface area contributed by atoms with Gasteiger partial charge in [-0.2, -0.15) is 0 Å². The summed E-state index contributed by atoms with van der Waals surface area (Å²) in [6.45, 7) is 5.75. The maximum atomic E-state index is 2.46. The van der Waals surface area contributed by atoms with Gasteiger partial charge in [-0.05, 0) is 12.8 Å². The van der Waals surface area contributed by atoms with Gasteiger partial charge in [-0.25, -0.2) is 4.57 Å². The maximum Gasteiger partial charge on any atom is 0.181 e. The summed E-state index contributed by atoms with van der Waals surface area (Å²) in [6.07, 6.45) is 15.8. The van der Waals surface area contributed by atoms with Crippen LogP contribution in [0.25, 0.3) is 0 Å². The predicted octanol–water partition coefficient (Wildman–Crippen LogP) is 2.07. The van der Waals surface area contributed by atoms with Crippen LogP contribution in [0.4, 0.5) is 0 Å². The molecule has 0 unspecified atom stereocenters. The molecule has 1 nitrogen and oxygen atoms in total. The molecule has 0 aliphatic rings. The number of halogens is 1. The zero-order chi connectivity index (χ0) is 13.8. The van der Waals surface area contributed by atoms with Crippen molar-refractivity contribution in [3.8, 4) is 0 Å². The number of aromatic nitrogens is 1. The predicted molar refractivity (Wildman–Crippen MR) is 83.2 cm³/mol. The first-order valence-corrected chi connectivity index (χ1v) is 8.35. The topological polar surface area (TPSA) is 3.88 Å². The quantitative estimate of drug-likeness (QED) is 0.435. The van der Waals surface area contributed by atoms with Crippen LogP contribution in [0.15, 0.2) is 24.4 Å². The Balaban J connectivity index is 0.00000361. The normalized spacial score (nSPS) is 10.3. The molecule has 0 atom stereocenters. The van der Waals surface area contributed by atoms with Gasteiger partial charge >= 0.3 is 0 Å². The minimum absolute atomic E-state index is 0. The van der Waals surface area contributed by atoms with E-state index in [1.54, 1.807) is 0 Å². The Hall–Kier alpha value is -0.560. The lowest BCUT2D eigenvalue weighted by Crippen LogP contribution is -3.00. The summed E-state index contributed by atoms with van der Waals surface area (Å²) in [5, 5.41) is 0. The molecule has 0 saturated heterocycles. The highest BCUT2D eigenvalue weighted by atomic mass is 35.5. The Morgan fingerprint density at radius 1 is 0.800 bits per heavy atom. The first-order chi connectivity index (χ1) is 9.38. The van der Waals surface area contributed by atoms with E-state index in [9.17, 15) is 0 Å². The van der Waals surface area contributed by atoms with Crippen molar-refractivity contribution in [3.63, 3.8) is 0 Å². The van der Waals surface area contributed by atoms with Gasteiger partial charge in [0.25, 0.3) is 0 Å². The molecule has 0 aromatic carbocycles. The largest absolute Gasteiger partial charge is 1.00 e. The molecule has 0 fully saturated rings. The van der Waals surface area contributed by atoms with Crippen LogP contribution in [0.2, 0.25) is 0 Å². The second-order valence-electron chi connectivity index (χ2n) is 5.61. The van der Waals surface area contributed by atoms with Crippen molar-refractivity contribution in [1.29, 1.82) is 0 Å². The van der Waals surface area contributed by atoms with E-state index in [0.29, 0.717) is 0 Å². The minimum atomic E-state index is 0. The van der Waals surface area contributed by atoms with Crippen molar-refractivity contribution in [2.75, 3.05) is 0 Å². The Bertz CT molecular complexity index is 325. The number of unbranched alkanes of at least 4 members (excludes halogenated alkanes) is 7. The van der Waals surface area contributed by atoms with Gasteiger partial charge in [0.1, 0.15) is 6.54 Å². The Morgan fingerprint density at radius 3 is 2.15 bits per heavy atom. The molecule has 1 rings (SSSR count). The average molecular weight is 298 g/mol. The average Bonchev–Trinajstić information content (AvgIpc) is 2.45. The van der Waals surface area contributed by atoms with E-state index in [-0.39, 0.29) is 12.4 Å². The Labute approximate surface area is 132 Å². The molecule has 0 radical (unpaired) electrons. The molecular weight excluding hydrogens is 266 g/mol. The van der Waals surface area contributed by atoms with Crippen LogP contribution in [0.5, 0.6) is 0 Å². The highest BCUT2D eigenvalue weighted by Crippen LogP contribution is 2.07. The van der Waals surface area contributed by atoms with Gasteiger partial charge in [-0.1, -0.05) is 58.4 Å². The summed E-state index contributed by atoms with van der Waals surface area (Å²) in [4.78, 5) is 0. The monoisotopic (exact) mass is 297 g/mol. The highest BCUT2D eigenvalue weighted by Gasteiger charge is 2.07. The third-order valence-corrected chi connectivity index (χ3v) is 3.82. The Morgan fingerprint density at radius 2 is 1.45 bits per heavy atom. The van der Waals surface area contributed by atoms with E-state index >= 15 is 0 Å². The summed E-state index contributed by atoms with van der Waals surface area (Å²) < 4.78 is 2.46. The Kier molecular flexibility index (Phi) is 13.0. The minimum Gasteiger partial charge on any atom is -1.00 e. The number of hydrogen-bond donors (Lipinski definition) is 0. The fraction of sp³-hybridized carbons (Fsp3) is 0.722. The van der Waals surface area contributed by atoms with E-state index in [1.165, 1.54) is 76.4 Å². The van der Waals surface area contributed by atoms with Crippen molar-refractivity contribution in [3.05, 3.63) is 30.1 Å². The molecule has 0 spiro atoms. The van der Waals surface area contributed by atoms with Crippen molar-refractivity contribution in [1.82, 2.24) is 0 Å². The SMILES string of the molecule is CCCCCCCCC[n+]1ccccc1CCCC.[Cl-]. The van der Waals surface area contributed by atoms with Crippen molar-refractivity contribution >= 4 is 0 Å². The molecule has 1 aromatic rings. The first kappa shape index (κ1) is 19.4. The van der Waals surface area contributed by atoms with Crippen molar-refractivity contribution in [2.45, 2.75) is 84.6 Å². The molecule has 0 amide bonds. The molecule has 0 saturated carbocycles. The van der Waals surface area contributed by atoms with Gasteiger partial charge in [0.05, 0.1) is 0 Å². The second-order valence-corrected chi connectivity index (χ2v) is 5.61. The van der Waals surface area contributed by atoms with E-state index in [2.05, 4.69) is 42.8 Å². The molecule has 1 heterocycles. The van der Waals surface area contributed by atoms with Gasteiger partial charge in [-0.3, -0.25) is 0 Å². The van der Waals surface area contributed by atoms with Gasteiger partial charge in [0, 0.05) is 25.0 Å². The number of pyridine rings is 1. The number of aryl methyl sites for hydroxylation is 2. The summed E-state index contributed by atoms with van der Waals surface area (Å²) in [5.74, 6) is 0. The molecule has 0 bridgehead atoms. The lowest BCUT2D eigenvalue weighted by Gasteiger charge is -2.04. The van der Waals surface area contributed by atoms with Gasteiger partial charge in [0.15, 0.2) is 11.9 Å². The van der Waals surface area contributed by atoms with E-state index in [0.717, 1.165) is 0 Å². The lowest BCUT2D eigenvalue weighted by molar-refractivity contribution is -0.704. The third kappa shape index (κ3) is 8.58. The van der Waals surface area contributed by atoms with Crippen LogP contribution < -0.4 is 17.0 Å². The van der Waals surface area contributed by atoms with Crippen LogP contribution in [-0.2, 0) is 13.0 Å². The fourth-order valence-electron chi connectivity index (χ4n) is 2.55. The van der Waals surface area contributed by atoms with Crippen LogP contribution in [-0.4, -0.2) is 0 Å². The molecule has 0 aliphatic carbocycles. The number of nitrogens with zero attached hydrogens (tertiary/aromatic N) is 1. The standard InChI is InChI=1S/C18H32N.ClH/c1-3-5-7-8-9-10-12-16-19-17-13-11-15-18(19)14-6-4-2;/h11,13,15,17H,3-10,12,14,16H2,1-2H3;1H/q+1;/p-1. The zero-order valence-electron chi connectivity index (χ0n) is 13.4. The van der Waals surface area contributed by atoms with Crippen molar-refractivity contribution in [2.24, 2.45) is 0 Å². The van der Waals surface area contributed by atoms with Crippen LogP contribution in [0.1, 0.15) is 77.3 Å². The van der Waals surface area contributed by atoms with Crippen LogP contribution >= 0.6 is 0 Å². The highest BCUT2D eigenvalue weighted by molar-refractivity contribution is 4.97. The second kappa shape index (κ2) is 13.4. The molecule has 116 valence electrons. The molecule has 0 N–H and O–H groups in total. The smallest absolute Gasteiger partial charge is 0.181 e. The molecular formula is C18H32ClN. The molecule has 1 aromatic heterocycles. The van der Waals surface area contributed by atoms with E-state index in [4.69, 9.17) is 0 Å². The van der Waals surface area contributed by atoms with Gasteiger partial charge in [-0.15, -0.1) is 0 Å². The summed E-state index contributed by atoms with van der Waals surface area (Å²) >= 11 is 0. The number of hydrogen-bond acceptors (Lipinski definition) is 0. The third-order valence-electron chi connectivity index (χ3n) is 3.82.